The highest BCUT2D eigenvalue weighted by Crippen LogP contribution is 2.33. The number of nitrogens with one attached hydrogen (secondary N) is 1. The van der Waals surface area contributed by atoms with Gasteiger partial charge in [-0.15, -0.1) is 22.7 Å². The summed E-state index contributed by atoms with van der Waals surface area (Å²) in [6, 6.07) is 9.02. The zero-order valence-corrected chi connectivity index (χ0v) is 14.7. The van der Waals surface area contributed by atoms with E-state index < -0.39 is 0 Å². The lowest BCUT2D eigenvalue weighted by Gasteiger charge is -2.09. The molecule has 0 radical (unpaired) electrons. The Labute approximate surface area is 143 Å². The number of rotatable bonds is 4. The molecule has 0 amide bonds. The molecule has 1 nitrogen and oxygen atoms in total. The van der Waals surface area contributed by atoms with Gasteiger partial charge in [-0.3, -0.25) is 0 Å². The Morgan fingerprint density at radius 1 is 1.24 bits per heavy atom. The lowest BCUT2D eigenvalue weighted by Crippen LogP contribution is -1.99. The summed E-state index contributed by atoms with van der Waals surface area (Å²) in [7, 11) is 0. The zero-order chi connectivity index (χ0) is 14.8. The first-order chi connectivity index (χ1) is 10.1. The minimum absolute atomic E-state index is 0.353. The van der Waals surface area contributed by atoms with Crippen molar-refractivity contribution >= 4 is 55.9 Å². The van der Waals surface area contributed by atoms with E-state index >= 15 is 0 Å². The van der Waals surface area contributed by atoms with E-state index in [1.807, 2.05) is 6.07 Å². The highest BCUT2D eigenvalue weighted by molar-refractivity contribution is 9.10. The third-order valence-electron chi connectivity index (χ3n) is 2.91. The summed E-state index contributed by atoms with van der Waals surface area (Å²) in [4.78, 5) is 2.46. The van der Waals surface area contributed by atoms with Crippen LogP contribution in [0.25, 0.3) is 10.4 Å². The molecule has 0 aliphatic rings. The van der Waals surface area contributed by atoms with E-state index in [9.17, 15) is 4.39 Å². The molecular formula is C15H10BrClFNS2. The molecule has 2 heterocycles. The molecule has 3 aromatic rings. The Kier molecular flexibility index (Phi) is 4.64. The third kappa shape index (κ3) is 3.48. The van der Waals surface area contributed by atoms with Crippen LogP contribution in [0.1, 0.15) is 4.88 Å². The molecule has 0 aliphatic carbocycles. The molecule has 3 rings (SSSR count). The van der Waals surface area contributed by atoms with Gasteiger partial charge in [0.25, 0.3) is 0 Å². The number of hydrogen-bond acceptors (Lipinski definition) is 3. The van der Waals surface area contributed by atoms with Crippen LogP contribution in [-0.2, 0) is 6.54 Å². The van der Waals surface area contributed by atoms with Crippen LogP contribution in [0.3, 0.4) is 0 Å². The Morgan fingerprint density at radius 2 is 2.10 bits per heavy atom. The number of halogens is 3. The van der Waals surface area contributed by atoms with Crippen molar-refractivity contribution in [3.63, 3.8) is 0 Å². The Hall–Kier alpha value is -0.880. The first-order valence-corrected chi connectivity index (χ1v) is 9.06. The summed E-state index contributed by atoms with van der Waals surface area (Å²) in [6.07, 6.45) is 0. The number of benzene rings is 1. The van der Waals surface area contributed by atoms with Gasteiger partial charge >= 0.3 is 0 Å². The fraction of sp³-hybridized carbons (Fsp3) is 0.0667. The lowest BCUT2D eigenvalue weighted by molar-refractivity contribution is 0.627. The Morgan fingerprint density at radius 3 is 2.81 bits per heavy atom. The van der Waals surface area contributed by atoms with Crippen LogP contribution < -0.4 is 5.32 Å². The van der Waals surface area contributed by atoms with Crippen LogP contribution in [-0.4, -0.2) is 0 Å². The molecule has 108 valence electrons. The van der Waals surface area contributed by atoms with E-state index in [1.54, 1.807) is 22.7 Å². The van der Waals surface area contributed by atoms with E-state index in [1.165, 1.54) is 27.5 Å². The first-order valence-electron chi connectivity index (χ1n) is 6.13. The van der Waals surface area contributed by atoms with Crippen molar-refractivity contribution in [1.82, 2.24) is 0 Å². The SMILES string of the molecule is Fc1cc(Cl)c(NCc2cc(-c3cccs3)cs2)c(Br)c1. The van der Waals surface area contributed by atoms with Gasteiger partial charge in [0.2, 0.25) is 0 Å². The van der Waals surface area contributed by atoms with Gasteiger partial charge in [-0.2, -0.15) is 0 Å². The molecule has 0 spiro atoms. The first kappa shape index (κ1) is 15.0. The van der Waals surface area contributed by atoms with Crippen molar-refractivity contribution in [3.05, 3.63) is 61.3 Å². The molecular weight excluding hydrogens is 393 g/mol. The largest absolute Gasteiger partial charge is 0.378 e. The Balaban J connectivity index is 1.74. The second-order valence-corrected chi connectivity index (χ2v) is 7.58. The maximum absolute atomic E-state index is 13.2. The second kappa shape index (κ2) is 6.48. The van der Waals surface area contributed by atoms with Crippen LogP contribution in [0, 0.1) is 5.82 Å². The average molecular weight is 403 g/mol. The summed E-state index contributed by atoms with van der Waals surface area (Å²) in [6.45, 7) is 0.653. The van der Waals surface area contributed by atoms with Crippen molar-refractivity contribution in [1.29, 1.82) is 0 Å². The summed E-state index contributed by atoms with van der Waals surface area (Å²) in [5.74, 6) is -0.353. The molecule has 0 atom stereocenters. The molecule has 2 aromatic heterocycles. The van der Waals surface area contributed by atoms with E-state index in [2.05, 4.69) is 44.1 Å². The molecule has 1 N–H and O–H groups in total. The summed E-state index contributed by atoms with van der Waals surface area (Å²) in [5.41, 5.74) is 1.94. The number of hydrogen-bond donors (Lipinski definition) is 1. The molecule has 1 aromatic carbocycles. The van der Waals surface area contributed by atoms with Crippen LogP contribution in [0.15, 0.2) is 45.6 Å². The monoisotopic (exact) mass is 401 g/mol. The van der Waals surface area contributed by atoms with Gasteiger partial charge in [0, 0.05) is 26.3 Å². The lowest BCUT2D eigenvalue weighted by atomic mass is 10.2. The van der Waals surface area contributed by atoms with E-state index in [0.29, 0.717) is 21.7 Å². The minimum atomic E-state index is -0.353. The van der Waals surface area contributed by atoms with Crippen LogP contribution in [0.4, 0.5) is 10.1 Å². The molecule has 6 heteroatoms. The highest BCUT2D eigenvalue weighted by Gasteiger charge is 2.09. The van der Waals surface area contributed by atoms with Crippen molar-refractivity contribution in [3.8, 4) is 10.4 Å². The van der Waals surface area contributed by atoms with Gasteiger partial charge in [-0.25, -0.2) is 4.39 Å². The Bertz CT molecular complexity index is 732. The van der Waals surface area contributed by atoms with Gasteiger partial charge < -0.3 is 5.32 Å². The van der Waals surface area contributed by atoms with Gasteiger partial charge in [0.15, 0.2) is 0 Å². The highest BCUT2D eigenvalue weighted by atomic mass is 79.9. The van der Waals surface area contributed by atoms with Crippen LogP contribution in [0.5, 0.6) is 0 Å². The summed E-state index contributed by atoms with van der Waals surface area (Å²) < 4.78 is 13.8. The van der Waals surface area contributed by atoms with E-state index in [4.69, 9.17) is 11.6 Å². The molecule has 0 saturated carbocycles. The predicted octanol–water partition coefficient (Wildman–Crippen LogP) is 6.64. The third-order valence-corrected chi connectivity index (χ3v) is 5.68. The zero-order valence-electron chi connectivity index (χ0n) is 10.7. The van der Waals surface area contributed by atoms with Crippen molar-refractivity contribution < 1.29 is 4.39 Å². The topological polar surface area (TPSA) is 12.0 Å². The molecule has 0 bridgehead atoms. The van der Waals surface area contributed by atoms with Gasteiger partial charge in [0.05, 0.1) is 10.7 Å². The average Bonchev–Trinajstić information content (AvgIpc) is 3.08. The second-order valence-electron chi connectivity index (χ2n) is 4.38. The number of anilines is 1. The fourth-order valence-corrected chi connectivity index (χ4v) is 4.50. The van der Waals surface area contributed by atoms with Gasteiger partial charge in [-0.1, -0.05) is 17.7 Å². The normalized spacial score (nSPS) is 10.8. The van der Waals surface area contributed by atoms with Crippen molar-refractivity contribution in [2.24, 2.45) is 0 Å². The van der Waals surface area contributed by atoms with Crippen molar-refractivity contribution in [2.45, 2.75) is 6.54 Å². The smallest absolute Gasteiger partial charge is 0.125 e. The molecule has 0 unspecified atom stereocenters. The van der Waals surface area contributed by atoms with Crippen LogP contribution in [0.2, 0.25) is 5.02 Å². The number of thiophene rings is 2. The minimum Gasteiger partial charge on any atom is -0.378 e. The molecule has 0 fully saturated rings. The molecule has 0 aliphatic heterocycles. The quantitative estimate of drug-likeness (QED) is 0.515. The van der Waals surface area contributed by atoms with E-state index in [-0.39, 0.29) is 5.82 Å². The van der Waals surface area contributed by atoms with Gasteiger partial charge in [0.1, 0.15) is 5.82 Å². The molecule has 0 saturated heterocycles. The van der Waals surface area contributed by atoms with Gasteiger partial charge in [-0.05, 0) is 51.0 Å². The fourth-order valence-electron chi connectivity index (χ4n) is 1.93. The summed E-state index contributed by atoms with van der Waals surface area (Å²) >= 11 is 12.8. The van der Waals surface area contributed by atoms with Crippen molar-refractivity contribution in [2.75, 3.05) is 5.32 Å². The van der Waals surface area contributed by atoms with E-state index in [0.717, 1.165) is 0 Å². The predicted molar refractivity (Wildman–Crippen MR) is 94.1 cm³/mol. The maximum Gasteiger partial charge on any atom is 0.125 e. The summed E-state index contributed by atoms with van der Waals surface area (Å²) in [5, 5.41) is 7.84. The molecule has 21 heavy (non-hydrogen) atoms. The van der Waals surface area contributed by atoms with Crippen LogP contribution >= 0.6 is 50.2 Å². The maximum atomic E-state index is 13.2. The standard InChI is InChI=1S/C15H10BrClFNS2/c16-12-5-10(18)6-13(17)15(12)19-7-11-4-9(8-21-11)14-2-1-3-20-14/h1-6,8,19H,7H2.